The number of unbranched alkanes of at least 4 members (excludes halogenated alkanes) is 2. The van der Waals surface area contributed by atoms with E-state index in [1.54, 1.807) is 55.6 Å². The molecule has 174 valence electrons. The summed E-state index contributed by atoms with van der Waals surface area (Å²) in [4.78, 5) is 35.6. The Balaban J connectivity index is 1.53. The van der Waals surface area contributed by atoms with Gasteiger partial charge < -0.3 is 20.7 Å². The highest BCUT2D eigenvalue weighted by molar-refractivity contribution is 6.30. The van der Waals surface area contributed by atoms with E-state index in [4.69, 9.17) is 16.3 Å². The molecule has 0 saturated carbocycles. The van der Waals surface area contributed by atoms with Crippen molar-refractivity contribution in [3.8, 4) is 5.75 Å². The number of amides is 3. The van der Waals surface area contributed by atoms with Gasteiger partial charge in [-0.05, 0) is 61.2 Å². The molecule has 3 rings (SSSR count). The molecule has 0 aliphatic carbocycles. The van der Waals surface area contributed by atoms with Crippen LogP contribution in [0.1, 0.15) is 47.6 Å². The summed E-state index contributed by atoms with van der Waals surface area (Å²) in [6, 6.07) is 12.1. The lowest BCUT2D eigenvalue weighted by Gasteiger charge is -2.25. The third kappa shape index (κ3) is 6.45. The number of nitrogens with one attached hydrogen (secondary N) is 3. The van der Waals surface area contributed by atoms with Crippen LogP contribution in [0.15, 0.2) is 59.9 Å². The molecule has 1 atom stereocenters. The van der Waals surface area contributed by atoms with E-state index in [2.05, 4.69) is 16.0 Å². The Morgan fingerprint density at radius 3 is 2.45 bits per heavy atom. The Labute approximate surface area is 196 Å². The van der Waals surface area contributed by atoms with Crippen molar-refractivity contribution in [2.24, 2.45) is 0 Å². The van der Waals surface area contributed by atoms with Crippen LogP contribution in [0.3, 0.4) is 0 Å². The van der Waals surface area contributed by atoms with Crippen LogP contribution in [0.25, 0.3) is 0 Å². The molecule has 0 fully saturated rings. The summed E-state index contributed by atoms with van der Waals surface area (Å²) in [6.07, 6.45) is 2.40. The van der Waals surface area contributed by atoms with Gasteiger partial charge in [-0.1, -0.05) is 30.2 Å². The highest BCUT2D eigenvalue weighted by atomic mass is 35.5. The third-order valence-corrected chi connectivity index (χ3v) is 5.52. The molecule has 1 aliphatic rings. The number of allylic oxidation sites excluding steroid dienone is 1. The lowest BCUT2D eigenvalue weighted by Crippen LogP contribution is -2.45. The molecule has 0 saturated heterocycles. The predicted molar refractivity (Wildman–Crippen MR) is 124 cm³/mol. The summed E-state index contributed by atoms with van der Waals surface area (Å²) in [5.41, 5.74) is 1.35. The number of carbonyl (C=O) groups excluding carboxylic acids is 2. The van der Waals surface area contributed by atoms with Gasteiger partial charge in [-0.15, -0.1) is 0 Å². The second kappa shape index (κ2) is 11.3. The lowest BCUT2D eigenvalue weighted by molar-refractivity contribution is -0.433. The zero-order valence-electron chi connectivity index (χ0n) is 18.1. The Bertz CT molecular complexity index is 1040. The van der Waals surface area contributed by atoms with Crippen LogP contribution in [0.4, 0.5) is 4.79 Å². The van der Waals surface area contributed by atoms with Gasteiger partial charge in [-0.3, -0.25) is 14.9 Å². The topological polar surface area (TPSA) is 123 Å². The first-order chi connectivity index (χ1) is 15.9. The van der Waals surface area contributed by atoms with Crippen LogP contribution in [-0.2, 0) is 0 Å². The summed E-state index contributed by atoms with van der Waals surface area (Å²) in [5.74, 6) is 0.505. The summed E-state index contributed by atoms with van der Waals surface area (Å²) in [7, 11) is 1.56. The Hall–Kier alpha value is -3.59. The molecular formula is C23H25ClN4O5. The summed E-state index contributed by atoms with van der Waals surface area (Å²) < 4.78 is 5.08. The van der Waals surface area contributed by atoms with Gasteiger partial charge >= 0.3 is 6.03 Å². The van der Waals surface area contributed by atoms with Gasteiger partial charge in [-0.25, -0.2) is 4.79 Å². The first-order valence-electron chi connectivity index (χ1n) is 10.5. The largest absolute Gasteiger partial charge is 0.497 e. The van der Waals surface area contributed by atoms with Crippen LogP contribution in [0.2, 0.25) is 5.02 Å². The molecule has 0 radical (unpaired) electrons. The molecule has 1 heterocycles. The predicted octanol–water partition coefficient (Wildman–Crippen LogP) is 4.18. The van der Waals surface area contributed by atoms with E-state index >= 15 is 0 Å². The van der Waals surface area contributed by atoms with Crippen molar-refractivity contribution in [3.63, 3.8) is 0 Å². The van der Waals surface area contributed by atoms with E-state index in [9.17, 15) is 19.7 Å². The average molecular weight is 473 g/mol. The van der Waals surface area contributed by atoms with Crippen molar-refractivity contribution in [2.45, 2.75) is 31.7 Å². The van der Waals surface area contributed by atoms with Crippen LogP contribution >= 0.6 is 11.6 Å². The minimum absolute atomic E-state index is 0.0790. The van der Waals surface area contributed by atoms with Crippen molar-refractivity contribution in [2.75, 3.05) is 13.7 Å². The van der Waals surface area contributed by atoms with E-state index in [-0.39, 0.29) is 11.6 Å². The molecule has 3 amide bonds. The lowest BCUT2D eigenvalue weighted by atomic mass is 9.99. The second-order valence-corrected chi connectivity index (χ2v) is 7.94. The zero-order valence-corrected chi connectivity index (χ0v) is 18.9. The van der Waals surface area contributed by atoms with Crippen molar-refractivity contribution >= 4 is 23.5 Å². The van der Waals surface area contributed by atoms with E-state index in [1.165, 1.54) is 0 Å². The summed E-state index contributed by atoms with van der Waals surface area (Å²) >= 11 is 5.91. The fourth-order valence-corrected chi connectivity index (χ4v) is 3.69. The smallest absolute Gasteiger partial charge is 0.320 e. The van der Waals surface area contributed by atoms with Gasteiger partial charge in [0.25, 0.3) is 11.6 Å². The molecule has 2 aromatic rings. The maximum absolute atomic E-state index is 12.2. The molecule has 1 aliphatic heterocycles. The number of hydrogen-bond acceptors (Lipinski definition) is 5. The fraction of sp³-hybridized carbons (Fsp3) is 0.304. The van der Waals surface area contributed by atoms with E-state index in [0.29, 0.717) is 53.4 Å². The third-order valence-electron chi connectivity index (χ3n) is 5.26. The van der Waals surface area contributed by atoms with E-state index in [0.717, 1.165) is 6.42 Å². The maximum atomic E-state index is 12.2. The van der Waals surface area contributed by atoms with Crippen molar-refractivity contribution in [1.29, 1.82) is 0 Å². The van der Waals surface area contributed by atoms with Gasteiger partial charge in [0.05, 0.1) is 17.7 Å². The minimum atomic E-state index is -0.857. The van der Waals surface area contributed by atoms with Crippen LogP contribution < -0.4 is 20.7 Å². The van der Waals surface area contributed by atoms with Crippen LogP contribution in [0, 0.1) is 10.1 Å². The molecule has 9 nitrogen and oxygen atoms in total. The van der Waals surface area contributed by atoms with Gasteiger partial charge in [0.15, 0.2) is 0 Å². The highest BCUT2D eigenvalue weighted by Crippen LogP contribution is 2.29. The standard InChI is InChI=1S/C23H25ClN4O5/c1-33-18-12-8-16(9-13-18)22(29)25-14-4-2-3-5-19-21(28(31)32)20(27-23(30)26-19)15-6-10-17(24)11-7-15/h6-13,20H,2-5,14H2,1H3,(H,25,29)(H2,26,27,30)/t20-/m1/s1. The Morgan fingerprint density at radius 1 is 1.12 bits per heavy atom. The molecule has 0 aromatic heterocycles. The van der Waals surface area contributed by atoms with Crippen LogP contribution in [0.5, 0.6) is 5.75 Å². The molecular weight excluding hydrogens is 448 g/mol. The Morgan fingerprint density at radius 2 is 1.82 bits per heavy atom. The minimum Gasteiger partial charge on any atom is -0.497 e. The number of benzene rings is 2. The molecule has 0 spiro atoms. The number of nitro groups is 1. The molecule has 0 bridgehead atoms. The highest BCUT2D eigenvalue weighted by Gasteiger charge is 2.36. The van der Waals surface area contributed by atoms with Gasteiger partial charge in [0, 0.05) is 17.1 Å². The van der Waals surface area contributed by atoms with Crippen molar-refractivity contribution in [3.05, 3.63) is 86.2 Å². The summed E-state index contributed by atoms with van der Waals surface area (Å²) in [5, 5.41) is 20.3. The molecule has 33 heavy (non-hydrogen) atoms. The molecule has 2 aromatic carbocycles. The monoisotopic (exact) mass is 472 g/mol. The number of rotatable bonds is 10. The molecule has 10 heteroatoms. The molecule has 3 N–H and O–H groups in total. The quantitative estimate of drug-likeness (QED) is 0.272. The van der Waals surface area contributed by atoms with Crippen molar-refractivity contribution in [1.82, 2.24) is 16.0 Å². The first-order valence-corrected chi connectivity index (χ1v) is 10.9. The average Bonchev–Trinajstić information content (AvgIpc) is 2.81. The number of ether oxygens (including phenoxy) is 1. The number of urea groups is 1. The number of methoxy groups -OCH3 is 1. The summed E-state index contributed by atoms with van der Waals surface area (Å²) in [6.45, 7) is 0.479. The number of nitrogens with zero attached hydrogens (tertiary/aromatic N) is 1. The Kier molecular flexibility index (Phi) is 8.26. The SMILES string of the molecule is COc1ccc(C(=O)NCCCCCC2=C([N+](=O)[O-])[C@@H](c3ccc(Cl)cc3)NC(=O)N2)cc1. The number of halogens is 1. The normalized spacial score (nSPS) is 15.5. The van der Waals surface area contributed by atoms with Gasteiger partial charge in [-0.2, -0.15) is 0 Å². The van der Waals surface area contributed by atoms with Gasteiger partial charge in [0.2, 0.25) is 0 Å². The van der Waals surface area contributed by atoms with E-state index < -0.39 is 17.0 Å². The zero-order chi connectivity index (χ0) is 23.8. The maximum Gasteiger partial charge on any atom is 0.320 e. The second-order valence-electron chi connectivity index (χ2n) is 7.50. The van der Waals surface area contributed by atoms with Crippen LogP contribution in [-0.4, -0.2) is 30.5 Å². The number of hydrogen-bond donors (Lipinski definition) is 3. The fourth-order valence-electron chi connectivity index (χ4n) is 3.56. The van der Waals surface area contributed by atoms with Crippen molar-refractivity contribution < 1.29 is 19.2 Å². The van der Waals surface area contributed by atoms with Gasteiger partial charge in [0.1, 0.15) is 11.8 Å². The molecule has 0 unspecified atom stereocenters. The van der Waals surface area contributed by atoms with E-state index in [1.807, 2.05) is 0 Å². The first kappa shape index (κ1) is 24.1. The number of carbonyl (C=O) groups is 2.